The van der Waals surface area contributed by atoms with Crippen molar-refractivity contribution in [2.24, 2.45) is 0 Å². The molecule has 2 aliphatic rings. The van der Waals surface area contributed by atoms with Crippen LogP contribution in [0.25, 0.3) is 0 Å². The van der Waals surface area contributed by atoms with E-state index >= 15 is 0 Å². The summed E-state index contributed by atoms with van der Waals surface area (Å²) in [6, 6.07) is -0.289. The number of rotatable bonds is 3. The molecule has 0 bridgehead atoms. The average Bonchev–Trinajstić information content (AvgIpc) is 2.73. The number of nitrogens with zero attached hydrogens (tertiary/aromatic N) is 3. The number of piperazine rings is 1. The highest BCUT2D eigenvalue weighted by molar-refractivity contribution is 7.91. The zero-order valence-electron chi connectivity index (χ0n) is 12.1. The summed E-state index contributed by atoms with van der Waals surface area (Å²) in [7, 11) is -0.991. The summed E-state index contributed by atoms with van der Waals surface area (Å²) >= 11 is 0. The molecule has 0 aromatic rings. The third-order valence-corrected chi connectivity index (χ3v) is 5.54. The normalized spacial score (nSPS) is 27.4. The second-order valence-corrected chi connectivity index (χ2v) is 7.59. The summed E-state index contributed by atoms with van der Waals surface area (Å²) in [6.07, 6.45) is 0.0622. The lowest BCUT2D eigenvalue weighted by Crippen LogP contribution is -2.58. The summed E-state index contributed by atoms with van der Waals surface area (Å²) in [4.78, 5) is 14.4. The summed E-state index contributed by atoms with van der Waals surface area (Å²) in [5, 5.41) is 3.48. The Kier molecular flexibility index (Phi) is 4.87. The zero-order chi connectivity index (χ0) is 14.8. The molecule has 116 valence electrons. The van der Waals surface area contributed by atoms with Crippen LogP contribution in [0.2, 0.25) is 0 Å². The van der Waals surface area contributed by atoms with E-state index in [-0.39, 0.29) is 17.5 Å². The van der Waals surface area contributed by atoms with E-state index in [9.17, 15) is 13.2 Å². The van der Waals surface area contributed by atoms with Gasteiger partial charge in [0.15, 0.2) is 9.84 Å². The van der Waals surface area contributed by atoms with Crippen LogP contribution in [-0.2, 0) is 14.6 Å². The number of hydrogen-bond donors (Lipinski definition) is 0. The molecule has 20 heavy (non-hydrogen) atoms. The Bertz CT molecular complexity index is 446. The highest BCUT2D eigenvalue weighted by atomic mass is 32.2. The Morgan fingerprint density at radius 1 is 1.30 bits per heavy atom. The molecule has 8 heteroatoms. The molecule has 0 aromatic carbocycles. The van der Waals surface area contributed by atoms with E-state index in [1.54, 1.807) is 11.9 Å². The van der Waals surface area contributed by atoms with Crippen molar-refractivity contribution in [2.45, 2.75) is 19.4 Å². The number of sulfone groups is 1. The summed E-state index contributed by atoms with van der Waals surface area (Å²) in [5.41, 5.74) is 0. The molecule has 0 aliphatic carbocycles. The van der Waals surface area contributed by atoms with Crippen LogP contribution in [-0.4, -0.2) is 86.8 Å². The number of hydrazine groups is 1. The standard InChI is InChI=1S/C12H23N3O4S/c1-3-19-12(16)15(11-4-9-20(17,18)10-11)14-7-5-13(2)6-8-14/h11H,3-10H2,1-2H3. The third kappa shape index (κ3) is 3.62. The Hall–Kier alpha value is -0.860. The minimum absolute atomic E-state index is 0.0398. The van der Waals surface area contributed by atoms with Crippen molar-refractivity contribution in [3.63, 3.8) is 0 Å². The van der Waals surface area contributed by atoms with Crippen molar-refractivity contribution in [3.05, 3.63) is 0 Å². The minimum Gasteiger partial charge on any atom is -0.449 e. The fourth-order valence-corrected chi connectivity index (χ4v) is 4.36. The first-order chi connectivity index (χ1) is 9.43. The number of amides is 1. The summed E-state index contributed by atoms with van der Waals surface area (Å²) < 4.78 is 28.4. The molecule has 0 saturated carbocycles. The Balaban J connectivity index is 2.10. The lowest BCUT2D eigenvalue weighted by atomic mass is 10.2. The van der Waals surface area contributed by atoms with Crippen LogP contribution in [0.5, 0.6) is 0 Å². The van der Waals surface area contributed by atoms with Crippen LogP contribution in [0.3, 0.4) is 0 Å². The number of likely N-dealkylation sites (N-methyl/N-ethyl adjacent to an activating group) is 1. The molecule has 2 rings (SSSR count). The van der Waals surface area contributed by atoms with Crippen LogP contribution in [0.1, 0.15) is 13.3 Å². The zero-order valence-corrected chi connectivity index (χ0v) is 12.9. The van der Waals surface area contributed by atoms with Gasteiger partial charge in [-0.15, -0.1) is 0 Å². The largest absolute Gasteiger partial charge is 0.449 e. The molecule has 1 atom stereocenters. The summed E-state index contributed by atoms with van der Waals surface area (Å²) in [6.45, 7) is 5.19. The molecule has 0 aromatic heterocycles. The van der Waals surface area contributed by atoms with Crippen molar-refractivity contribution in [1.29, 1.82) is 0 Å². The van der Waals surface area contributed by atoms with Gasteiger partial charge in [-0.2, -0.15) is 0 Å². The maximum Gasteiger partial charge on any atom is 0.424 e. The van der Waals surface area contributed by atoms with Gasteiger partial charge in [-0.25, -0.2) is 23.2 Å². The smallest absolute Gasteiger partial charge is 0.424 e. The van der Waals surface area contributed by atoms with Crippen LogP contribution >= 0.6 is 0 Å². The van der Waals surface area contributed by atoms with E-state index in [0.29, 0.717) is 26.1 Å². The van der Waals surface area contributed by atoms with Crippen molar-refractivity contribution in [2.75, 3.05) is 51.3 Å². The molecule has 2 aliphatic heterocycles. The molecule has 2 heterocycles. The number of ether oxygens (including phenoxy) is 1. The van der Waals surface area contributed by atoms with E-state index in [0.717, 1.165) is 13.1 Å². The lowest BCUT2D eigenvalue weighted by molar-refractivity contribution is -0.0646. The first-order valence-electron chi connectivity index (χ1n) is 7.03. The van der Waals surface area contributed by atoms with Gasteiger partial charge in [-0.1, -0.05) is 0 Å². The van der Waals surface area contributed by atoms with Crippen LogP contribution in [0, 0.1) is 0 Å². The van der Waals surface area contributed by atoms with Crippen molar-refractivity contribution in [3.8, 4) is 0 Å². The lowest BCUT2D eigenvalue weighted by Gasteiger charge is -2.41. The van der Waals surface area contributed by atoms with Gasteiger partial charge in [0.2, 0.25) is 0 Å². The maximum atomic E-state index is 12.2. The second-order valence-electron chi connectivity index (χ2n) is 5.36. The second kappa shape index (κ2) is 6.28. The molecule has 2 fully saturated rings. The highest BCUT2D eigenvalue weighted by Crippen LogP contribution is 2.21. The Morgan fingerprint density at radius 3 is 2.45 bits per heavy atom. The van der Waals surface area contributed by atoms with Crippen molar-refractivity contribution in [1.82, 2.24) is 14.9 Å². The van der Waals surface area contributed by atoms with Gasteiger partial charge >= 0.3 is 6.09 Å². The third-order valence-electron chi connectivity index (χ3n) is 3.79. The van der Waals surface area contributed by atoms with Crippen LogP contribution in [0.4, 0.5) is 4.79 Å². The minimum atomic E-state index is -3.02. The van der Waals surface area contributed by atoms with E-state index in [1.807, 2.05) is 12.1 Å². The first kappa shape index (κ1) is 15.5. The number of carbonyl (C=O) groups excluding carboxylic acids is 1. The SMILES string of the molecule is CCOC(=O)N(C1CCS(=O)(=O)C1)N1CCN(C)CC1. The van der Waals surface area contributed by atoms with Gasteiger partial charge in [0.05, 0.1) is 24.2 Å². The van der Waals surface area contributed by atoms with Gasteiger partial charge in [-0.3, -0.25) is 0 Å². The highest BCUT2D eigenvalue weighted by Gasteiger charge is 2.39. The predicted molar refractivity (Wildman–Crippen MR) is 75.0 cm³/mol. The van der Waals surface area contributed by atoms with Crippen molar-refractivity contribution < 1.29 is 17.9 Å². The first-order valence-corrected chi connectivity index (χ1v) is 8.85. The Labute approximate surface area is 120 Å². The van der Waals surface area contributed by atoms with Crippen molar-refractivity contribution >= 4 is 15.9 Å². The Morgan fingerprint density at radius 2 is 1.95 bits per heavy atom. The van der Waals surface area contributed by atoms with E-state index in [2.05, 4.69) is 4.90 Å². The fraction of sp³-hybridized carbons (Fsp3) is 0.917. The molecule has 1 amide bonds. The average molecular weight is 305 g/mol. The van der Waals surface area contributed by atoms with Crippen LogP contribution in [0.15, 0.2) is 0 Å². The summed E-state index contributed by atoms with van der Waals surface area (Å²) in [5.74, 6) is 0.194. The number of carbonyl (C=O) groups is 1. The van der Waals surface area contributed by atoms with E-state index in [1.165, 1.54) is 0 Å². The van der Waals surface area contributed by atoms with Gasteiger partial charge in [-0.05, 0) is 20.4 Å². The molecule has 7 nitrogen and oxygen atoms in total. The molecule has 0 N–H and O–H groups in total. The quantitative estimate of drug-likeness (QED) is 0.719. The monoisotopic (exact) mass is 305 g/mol. The number of hydrogen-bond acceptors (Lipinski definition) is 6. The molecule has 0 spiro atoms. The molecular formula is C12H23N3O4S. The molecule has 1 unspecified atom stereocenters. The van der Waals surface area contributed by atoms with Gasteiger partial charge < -0.3 is 9.64 Å². The van der Waals surface area contributed by atoms with E-state index < -0.39 is 15.9 Å². The predicted octanol–water partition coefficient (Wildman–Crippen LogP) is -0.206. The maximum absolute atomic E-state index is 12.2. The van der Waals surface area contributed by atoms with E-state index in [4.69, 9.17) is 4.74 Å². The topological polar surface area (TPSA) is 70.2 Å². The van der Waals surface area contributed by atoms with Crippen LogP contribution < -0.4 is 0 Å². The molecular weight excluding hydrogens is 282 g/mol. The van der Waals surface area contributed by atoms with Gasteiger partial charge in [0, 0.05) is 26.2 Å². The fourth-order valence-electron chi connectivity index (χ4n) is 2.66. The molecule has 2 saturated heterocycles. The van der Waals surface area contributed by atoms with Gasteiger partial charge in [0.25, 0.3) is 0 Å². The van der Waals surface area contributed by atoms with Gasteiger partial charge in [0.1, 0.15) is 0 Å². The molecule has 0 radical (unpaired) electrons.